The zero-order valence-electron chi connectivity index (χ0n) is 9.72. The molecule has 0 heterocycles. The van der Waals surface area contributed by atoms with Crippen LogP contribution < -0.4 is 0 Å². The Morgan fingerprint density at radius 2 is 1.00 bits per heavy atom. The van der Waals surface area contributed by atoms with Crippen LogP contribution in [0.1, 0.15) is 27.7 Å². The van der Waals surface area contributed by atoms with E-state index in [4.69, 9.17) is 5.11 Å². The largest absolute Gasteiger partial charge is 0.432 e. The molecule has 0 aromatic rings. The van der Waals surface area contributed by atoms with Crippen molar-refractivity contribution in [3.8, 4) is 0 Å². The Balaban J connectivity index is -0.0000000405. The van der Waals surface area contributed by atoms with Gasteiger partial charge < -0.3 is 20.9 Å². The molecule has 0 spiro atoms. The summed E-state index contributed by atoms with van der Waals surface area (Å²) >= 11 is 0. The summed E-state index contributed by atoms with van der Waals surface area (Å²) in [6.45, 7) is 8.18. The van der Waals surface area contributed by atoms with E-state index in [0.717, 1.165) is 18.1 Å². The Hall–Kier alpha value is 0.940. The summed E-state index contributed by atoms with van der Waals surface area (Å²) in [5, 5.41) is 7.57. The summed E-state index contributed by atoms with van der Waals surface area (Å²) < 4.78 is 0. The molecule has 0 atom stereocenters. The van der Waals surface area contributed by atoms with Gasteiger partial charge in [0.2, 0.25) is 0 Å². The van der Waals surface area contributed by atoms with Gasteiger partial charge in [-0.3, -0.25) is 0 Å². The summed E-state index contributed by atoms with van der Waals surface area (Å²) in [5.74, 6) is 0. The maximum absolute atomic E-state index is 9.58. The molecule has 6 N–H and O–H groups in total. The van der Waals surface area contributed by atoms with Crippen LogP contribution in [0.4, 0.5) is 0 Å². The van der Waals surface area contributed by atoms with E-state index in [0.29, 0.717) is 0 Å². The number of hydrogen-bond acceptors (Lipinski definition) is 2. The van der Waals surface area contributed by atoms with E-state index in [-0.39, 0.29) is 43.8 Å². The van der Waals surface area contributed by atoms with Gasteiger partial charge in [0.15, 0.2) is 8.32 Å². The van der Waals surface area contributed by atoms with Crippen molar-refractivity contribution in [1.82, 2.24) is 0 Å². The molecule has 0 rings (SSSR count). The Kier molecular flexibility index (Phi) is 40.9. The van der Waals surface area contributed by atoms with Crippen molar-refractivity contribution in [2.75, 3.05) is 6.61 Å². The van der Waals surface area contributed by atoms with E-state index in [9.17, 15) is 4.80 Å². The minimum Gasteiger partial charge on any atom is -0.432 e. The van der Waals surface area contributed by atoms with Gasteiger partial charge in [-0.25, -0.2) is 0 Å². The number of aliphatic hydroxyl groups excluding tert-OH is 1. The van der Waals surface area contributed by atoms with Gasteiger partial charge in [-0.05, 0) is 25.1 Å². The fraction of sp³-hybridized carbons (Fsp3) is 1.00. The summed E-state index contributed by atoms with van der Waals surface area (Å²) in [7, 11) is -1.67. The molecular formula is C8H26O4SiZr. The first-order chi connectivity index (χ1) is 5.10. The molecule has 0 aliphatic rings. The van der Waals surface area contributed by atoms with Gasteiger partial charge in [-0.15, -0.1) is 0 Å². The molecule has 0 aliphatic heterocycles. The van der Waals surface area contributed by atoms with Crippen LogP contribution in [0.3, 0.4) is 0 Å². The summed E-state index contributed by atoms with van der Waals surface area (Å²) in [6.07, 6.45) is 0. The average molecular weight is 306 g/mol. The van der Waals surface area contributed by atoms with Crippen LogP contribution in [0.2, 0.25) is 18.1 Å². The zero-order chi connectivity index (χ0) is 9.33. The summed E-state index contributed by atoms with van der Waals surface area (Å²) in [6, 6.07) is 3.04. The Bertz CT molecular complexity index is 73.5. The van der Waals surface area contributed by atoms with E-state index >= 15 is 0 Å². The second-order valence-corrected chi connectivity index (χ2v) is 7.17. The standard InChI is InChI=1S/C6H16OSi.C2H6O.2H2O.Zr/c1-4-8(7,5-2)6-3;1-2-3;;;/h7H,4-6H2,1-3H3;3H,2H2,1H3;2*1H2;. The van der Waals surface area contributed by atoms with E-state index in [1.165, 1.54) is 0 Å². The zero-order valence-corrected chi connectivity index (χ0v) is 13.2. The predicted octanol–water partition coefficient (Wildman–Crippen LogP) is 0.331. The SMILES string of the molecule is CCO.CC[Si](O)(CC)CC.O.O.[Zr]. The Morgan fingerprint density at radius 3 is 1.00 bits per heavy atom. The third-order valence-electron chi connectivity index (χ3n) is 1.97. The molecular weight excluding hydrogens is 279 g/mol. The molecule has 90 valence electrons. The van der Waals surface area contributed by atoms with Crippen LogP contribution in [-0.2, 0) is 26.2 Å². The number of aliphatic hydroxyl groups is 1. The van der Waals surface area contributed by atoms with E-state index in [1.807, 2.05) is 0 Å². The first kappa shape index (κ1) is 29.4. The third-order valence-corrected chi connectivity index (χ3v) is 5.92. The van der Waals surface area contributed by atoms with Gasteiger partial charge >= 0.3 is 0 Å². The van der Waals surface area contributed by atoms with Crippen molar-refractivity contribution in [3.63, 3.8) is 0 Å². The maximum atomic E-state index is 9.58. The molecule has 14 heavy (non-hydrogen) atoms. The smallest absolute Gasteiger partial charge is 0.187 e. The van der Waals surface area contributed by atoms with Gasteiger partial charge in [-0.1, -0.05) is 20.8 Å². The van der Waals surface area contributed by atoms with Crippen molar-refractivity contribution in [1.29, 1.82) is 0 Å². The molecule has 0 radical (unpaired) electrons. The molecule has 0 aromatic heterocycles. The van der Waals surface area contributed by atoms with E-state index < -0.39 is 8.32 Å². The average Bonchev–Trinajstić information content (AvgIpc) is 2.05. The Labute approximate surface area is 108 Å². The van der Waals surface area contributed by atoms with Gasteiger partial charge in [0.05, 0.1) is 0 Å². The van der Waals surface area contributed by atoms with Crippen LogP contribution in [0, 0.1) is 0 Å². The first-order valence-electron chi connectivity index (χ1n) is 4.43. The quantitative estimate of drug-likeness (QED) is 0.734. The number of rotatable bonds is 3. The van der Waals surface area contributed by atoms with E-state index in [1.54, 1.807) is 6.92 Å². The first-order valence-corrected chi connectivity index (χ1v) is 7.00. The van der Waals surface area contributed by atoms with Gasteiger partial charge in [-0.2, -0.15) is 0 Å². The molecule has 6 heteroatoms. The van der Waals surface area contributed by atoms with Crippen molar-refractivity contribution in [2.45, 2.75) is 45.8 Å². The second kappa shape index (κ2) is 19.5. The van der Waals surface area contributed by atoms with Gasteiger partial charge in [0.1, 0.15) is 0 Å². The van der Waals surface area contributed by atoms with Crippen molar-refractivity contribution >= 4 is 8.32 Å². The van der Waals surface area contributed by atoms with Gasteiger partial charge in [0.25, 0.3) is 0 Å². The second-order valence-electron chi connectivity index (χ2n) is 2.60. The summed E-state index contributed by atoms with van der Waals surface area (Å²) in [5.41, 5.74) is 0. The molecule has 0 saturated heterocycles. The molecule has 0 aromatic carbocycles. The molecule has 0 bridgehead atoms. The molecule has 0 amide bonds. The Morgan fingerprint density at radius 1 is 0.857 bits per heavy atom. The fourth-order valence-corrected chi connectivity index (χ4v) is 2.25. The van der Waals surface area contributed by atoms with Crippen LogP contribution >= 0.6 is 0 Å². The van der Waals surface area contributed by atoms with Crippen LogP contribution in [-0.4, -0.2) is 35.8 Å². The topological polar surface area (TPSA) is 103 Å². The van der Waals surface area contributed by atoms with Crippen molar-refractivity contribution in [3.05, 3.63) is 0 Å². The minimum absolute atomic E-state index is 0. The van der Waals surface area contributed by atoms with E-state index in [2.05, 4.69) is 20.8 Å². The normalized spacial score (nSPS) is 8.14. The van der Waals surface area contributed by atoms with Crippen LogP contribution in [0.25, 0.3) is 0 Å². The summed E-state index contributed by atoms with van der Waals surface area (Å²) in [4.78, 5) is 9.58. The fourth-order valence-electron chi connectivity index (χ4n) is 0.750. The molecule has 0 saturated carbocycles. The van der Waals surface area contributed by atoms with Crippen molar-refractivity contribution in [2.24, 2.45) is 0 Å². The molecule has 4 nitrogen and oxygen atoms in total. The predicted molar refractivity (Wildman–Crippen MR) is 59.4 cm³/mol. The van der Waals surface area contributed by atoms with Crippen LogP contribution in [0.15, 0.2) is 0 Å². The minimum atomic E-state index is -1.67. The van der Waals surface area contributed by atoms with Crippen LogP contribution in [0.5, 0.6) is 0 Å². The molecule has 0 unspecified atom stereocenters. The van der Waals surface area contributed by atoms with Crippen molar-refractivity contribution < 1.29 is 47.1 Å². The monoisotopic (exact) mass is 304 g/mol. The molecule has 0 aliphatic carbocycles. The van der Waals surface area contributed by atoms with Gasteiger partial charge in [0, 0.05) is 32.8 Å². The molecule has 0 fully saturated rings. The third kappa shape index (κ3) is 18.7. The number of hydrogen-bond donors (Lipinski definition) is 2. The maximum Gasteiger partial charge on any atom is 0.187 e.